The van der Waals surface area contributed by atoms with Gasteiger partial charge in [0, 0.05) is 28.9 Å². The van der Waals surface area contributed by atoms with Gasteiger partial charge >= 0.3 is 0 Å². The SMILES string of the molecule is CC(C)(C)CC(C)(C)[NH3+].CCCCCCCCCCCC(=O)[O-].[Ni]. The second-order valence-corrected chi connectivity index (χ2v) is 8.85. The van der Waals surface area contributed by atoms with E-state index < -0.39 is 5.97 Å². The molecule has 24 heavy (non-hydrogen) atoms. The minimum absolute atomic E-state index is 0. The maximum atomic E-state index is 10.1. The molecule has 0 aliphatic rings. The van der Waals surface area contributed by atoms with Gasteiger partial charge in [-0.15, -0.1) is 0 Å². The van der Waals surface area contributed by atoms with Crippen molar-refractivity contribution < 1.29 is 32.1 Å². The van der Waals surface area contributed by atoms with Crippen molar-refractivity contribution in [3.8, 4) is 0 Å². The smallest absolute Gasteiger partial charge is 0.0894 e. The van der Waals surface area contributed by atoms with Gasteiger partial charge < -0.3 is 15.6 Å². The molecule has 0 unspecified atom stereocenters. The molecule has 0 aromatic rings. The molecule has 0 aromatic carbocycles. The number of quaternary nitrogens is 1. The fourth-order valence-corrected chi connectivity index (χ4v) is 3.02. The Morgan fingerprint density at radius 1 is 0.833 bits per heavy atom. The van der Waals surface area contributed by atoms with Gasteiger partial charge in [0.1, 0.15) is 0 Å². The predicted molar refractivity (Wildman–Crippen MR) is 97.9 cm³/mol. The van der Waals surface area contributed by atoms with E-state index in [-0.39, 0.29) is 28.5 Å². The van der Waals surface area contributed by atoms with E-state index in [9.17, 15) is 9.90 Å². The average Bonchev–Trinajstić information content (AvgIpc) is 2.33. The molecule has 0 saturated heterocycles. The molecule has 0 aromatic heterocycles. The van der Waals surface area contributed by atoms with Crippen molar-refractivity contribution in [2.75, 3.05) is 0 Å². The molecule has 0 aliphatic carbocycles. The van der Waals surface area contributed by atoms with Crippen LogP contribution in [0.1, 0.15) is 112 Å². The van der Waals surface area contributed by atoms with E-state index in [2.05, 4.69) is 47.3 Å². The van der Waals surface area contributed by atoms with Crippen LogP contribution in [0, 0.1) is 5.41 Å². The number of unbranched alkanes of at least 4 members (excludes halogenated alkanes) is 8. The fraction of sp³-hybridized carbons (Fsp3) is 0.950. The van der Waals surface area contributed by atoms with E-state index in [0.717, 1.165) is 12.8 Å². The van der Waals surface area contributed by atoms with Gasteiger partial charge in [0.05, 0.1) is 5.54 Å². The Balaban J connectivity index is -0.000000385. The van der Waals surface area contributed by atoms with Gasteiger partial charge in [-0.25, -0.2) is 0 Å². The topological polar surface area (TPSA) is 67.8 Å². The first kappa shape index (κ1) is 28.7. The van der Waals surface area contributed by atoms with E-state index in [1.807, 2.05) is 0 Å². The van der Waals surface area contributed by atoms with Crippen molar-refractivity contribution >= 4 is 5.97 Å². The molecule has 3 nitrogen and oxygen atoms in total. The standard InChI is InChI=1S/C12H24O2.C8H19N.Ni/c1-2-3-4-5-6-7-8-9-10-11-12(13)14;1-7(2,3)6-8(4,5)9;/h2-11H2,1H3,(H,13,14);6,9H2,1-5H3;. The summed E-state index contributed by atoms with van der Waals surface area (Å²) in [6.07, 6.45) is 12.3. The van der Waals surface area contributed by atoms with E-state index in [4.69, 9.17) is 0 Å². The summed E-state index contributed by atoms with van der Waals surface area (Å²) in [5.74, 6) is -0.909. The number of rotatable bonds is 11. The zero-order chi connectivity index (χ0) is 18.4. The number of aliphatic carboxylic acids is 1. The molecule has 150 valence electrons. The van der Waals surface area contributed by atoms with Crippen molar-refractivity contribution in [1.29, 1.82) is 0 Å². The second kappa shape index (κ2) is 16.4. The minimum Gasteiger partial charge on any atom is -0.550 e. The molecule has 0 spiro atoms. The monoisotopic (exact) mass is 387 g/mol. The van der Waals surface area contributed by atoms with Crippen molar-refractivity contribution in [3.05, 3.63) is 0 Å². The molecular weight excluding hydrogens is 345 g/mol. The van der Waals surface area contributed by atoms with Crippen LogP contribution in [0.3, 0.4) is 0 Å². The third-order valence-corrected chi connectivity index (χ3v) is 3.49. The van der Waals surface area contributed by atoms with Gasteiger partial charge in [-0.05, 0) is 32.1 Å². The summed E-state index contributed by atoms with van der Waals surface area (Å²) in [5, 5.41) is 10.1. The Hall–Kier alpha value is -0.0765. The van der Waals surface area contributed by atoms with Crippen LogP contribution in [0.15, 0.2) is 0 Å². The van der Waals surface area contributed by atoms with Crippen LogP contribution < -0.4 is 10.8 Å². The number of carbonyl (C=O) groups excluding carboxylic acids is 1. The zero-order valence-corrected chi connectivity index (χ0v) is 18.1. The summed E-state index contributed by atoms with van der Waals surface area (Å²) in [4.78, 5) is 10.1. The molecule has 3 N–H and O–H groups in total. The molecule has 4 heteroatoms. The van der Waals surface area contributed by atoms with Crippen molar-refractivity contribution in [2.45, 2.75) is 118 Å². The summed E-state index contributed by atoms with van der Waals surface area (Å²) in [7, 11) is 0. The molecular formula is C20H43NNiO2. The maximum absolute atomic E-state index is 10.1. The van der Waals surface area contributed by atoms with Crippen LogP contribution in [0.2, 0.25) is 0 Å². The first-order valence-corrected chi connectivity index (χ1v) is 9.53. The summed E-state index contributed by atoms with van der Waals surface area (Å²) < 4.78 is 0. The molecule has 0 amide bonds. The number of carboxylic acids is 1. The van der Waals surface area contributed by atoms with E-state index in [1.54, 1.807) is 0 Å². The van der Waals surface area contributed by atoms with Crippen LogP contribution in [-0.2, 0) is 21.3 Å². The zero-order valence-electron chi connectivity index (χ0n) is 17.1. The Morgan fingerprint density at radius 3 is 1.46 bits per heavy atom. The van der Waals surface area contributed by atoms with Gasteiger partial charge in [0.15, 0.2) is 0 Å². The van der Waals surface area contributed by atoms with Crippen LogP contribution in [0.4, 0.5) is 0 Å². The normalized spacial score (nSPS) is 11.3. The first-order valence-electron chi connectivity index (χ1n) is 9.53. The Kier molecular flexibility index (Phi) is 19.6. The van der Waals surface area contributed by atoms with Crippen LogP contribution in [0.25, 0.3) is 0 Å². The predicted octanol–water partition coefficient (Wildman–Crippen LogP) is 4.10. The number of hydrogen-bond donors (Lipinski definition) is 1. The molecule has 0 aliphatic heterocycles. The number of carboxylic acid groups (broad SMARTS) is 1. The van der Waals surface area contributed by atoms with Crippen molar-refractivity contribution in [1.82, 2.24) is 0 Å². The Bertz CT molecular complexity index is 268. The molecule has 0 fully saturated rings. The molecule has 0 saturated carbocycles. The van der Waals surface area contributed by atoms with Gasteiger partial charge in [0.2, 0.25) is 0 Å². The summed E-state index contributed by atoms with van der Waals surface area (Å²) in [5.41, 5.74) is 4.71. The first-order chi connectivity index (χ1) is 10.5. The van der Waals surface area contributed by atoms with E-state index in [0.29, 0.717) is 5.41 Å². The van der Waals surface area contributed by atoms with E-state index in [1.165, 1.54) is 51.4 Å². The maximum Gasteiger partial charge on any atom is 0.0894 e. The molecule has 0 atom stereocenters. The molecule has 0 rings (SSSR count). The number of hydrogen-bond acceptors (Lipinski definition) is 2. The van der Waals surface area contributed by atoms with Gasteiger partial charge in [-0.3, -0.25) is 0 Å². The summed E-state index contributed by atoms with van der Waals surface area (Å²) in [6, 6.07) is 0. The molecule has 0 heterocycles. The fourth-order valence-electron chi connectivity index (χ4n) is 3.02. The van der Waals surface area contributed by atoms with Crippen LogP contribution in [-0.4, -0.2) is 11.5 Å². The third kappa shape index (κ3) is 33.5. The average molecular weight is 388 g/mol. The third-order valence-electron chi connectivity index (χ3n) is 3.49. The van der Waals surface area contributed by atoms with Crippen molar-refractivity contribution in [2.24, 2.45) is 5.41 Å². The van der Waals surface area contributed by atoms with Gasteiger partial charge in [-0.1, -0.05) is 79.1 Å². The second-order valence-electron chi connectivity index (χ2n) is 8.85. The Morgan fingerprint density at radius 2 is 1.21 bits per heavy atom. The molecule has 0 bridgehead atoms. The van der Waals surface area contributed by atoms with Crippen molar-refractivity contribution in [3.63, 3.8) is 0 Å². The number of carbonyl (C=O) groups is 1. The summed E-state index contributed by atoms with van der Waals surface area (Å²) >= 11 is 0. The van der Waals surface area contributed by atoms with Crippen LogP contribution in [0.5, 0.6) is 0 Å². The van der Waals surface area contributed by atoms with E-state index >= 15 is 0 Å². The largest absolute Gasteiger partial charge is 0.550 e. The minimum atomic E-state index is -0.909. The van der Waals surface area contributed by atoms with Gasteiger partial charge in [0.25, 0.3) is 0 Å². The summed E-state index contributed by atoms with van der Waals surface area (Å²) in [6.45, 7) is 13.3. The quantitative estimate of drug-likeness (QED) is 0.428. The molecule has 0 radical (unpaired) electrons. The van der Waals surface area contributed by atoms with Crippen LogP contribution >= 0.6 is 0 Å². The van der Waals surface area contributed by atoms with Gasteiger partial charge in [-0.2, -0.15) is 0 Å². The Labute approximate surface area is 161 Å².